The number of carbonyl (C=O) groups excluding carboxylic acids is 1. The lowest BCUT2D eigenvalue weighted by atomic mass is 10.1. The largest absolute Gasteiger partial charge is 0.478 e. The number of carbonyl (C=O) groups is 2. The van der Waals surface area contributed by atoms with Crippen molar-refractivity contribution in [3.05, 3.63) is 33.9 Å². The molecule has 0 saturated carbocycles. The maximum Gasteiger partial charge on any atom is 0.340 e. The molecule has 0 radical (unpaired) electrons. The van der Waals surface area contributed by atoms with Gasteiger partial charge in [0.1, 0.15) is 22.1 Å². The molecule has 0 saturated heterocycles. The van der Waals surface area contributed by atoms with E-state index < -0.39 is 5.97 Å². The van der Waals surface area contributed by atoms with Crippen molar-refractivity contribution in [2.24, 2.45) is 0 Å². The van der Waals surface area contributed by atoms with E-state index >= 15 is 0 Å². The third-order valence-corrected chi connectivity index (χ3v) is 4.46. The number of furan rings is 1. The van der Waals surface area contributed by atoms with E-state index in [1.54, 1.807) is 27.8 Å². The van der Waals surface area contributed by atoms with E-state index in [0.717, 1.165) is 17.1 Å². The fourth-order valence-corrected chi connectivity index (χ4v) is 3.05. The van der Waals surface area contributed by atoms with Gasteiger partial charge in [0.2, 0.25) is 0 Å². The van der Waals surface area contributed by atoms with Crippen LogP contribution >= 0.6 is 11.5 Å². The fourth-order valence-electron chi connectivity index (χ4n) is 2.20. The van der Waals surface area contributed by atoms with Crippen molar-refractivity contribution in [2.75, 3.05) is 11.9 Å². The quantitative estimate of drug-likeness (QED) is 0.942. The highest BCUT2D eigenvalue weighted by Gasteiger charge is 2.28. The van der Waals surface area contributed by atoms with Crippen LogP contribution in [0.5, 0.6) is 0 Å². The molecule has 2 aromatic heterocycles. The number of aromatic nitrogens is 1. The summed E-state index contributed by atoms with van der Waals surface area (Å²) in [5.41, 5.74) is 1.70. The van der Waals surface area contributed by atoms with Gasteiger partial charge in [-0.05, 0) is 39.2 Å². The summed E-state index contributed by atoms with van der Waals surface area (Å²) in [7, 11) is 1.54. The normalized spacial score (nSPS) is 10.7. The molecule has 0 bridgehead atoms. The molecular weight excluding hydrogens is 292 g/mol. The van der Waals surface area contributed by atoms with Crippen LogP contribution in [0.3, 0.4) is 0 Å². The minimum absolute atomic E-state index is 0.0615. The monoisotopic (exact) mass is 308 g/mol. The molecule has 1 amide bonds. The lowest BCUT2D eigenvalue weighted by molar-refractivity contribution is 0.0697. The molecule has 2 aromatic rings. The Labute approximate surface area is 126 Å². The molecule has 0 aliphatic heterocycles. The zero-order chi connectivity index (χ0) is 15.9. The Morgan fingerprint density at radius 1 is 1.14 bits per heavy atom. The molecule has 2 rings (SSSR count). The van der Waals surface area contributed by atoms with E-state index in [9.17, 15) is 14.7 Å². The summed E-state index contributed by atoms with van der Waals surface area (Å²) in [6.07, 6.45) is 0. The van der Waals surface area contributed by atoms with Crippen LogP contribution in [0.2, 0.25) is 0 Å². The van der Waals surface area contributed by atoms with Crippen LogP contribution in [-0.2, 0) is 0 Å². The van der Waals surface area contributed by atoms with Gasteiger partial charge in [0.25, 0.3) is 5.91 Å². The van der Waals surface area contributed by atoms with Crippen molar-refractivity contribution < 1.29 is 19.1 Å². The second-order valence-corrected chi connectivity index (χ2v) is 5.58. The Balaban J connectivity index is 2.47. The second kappa shape index (κ2) is 5.33. The van der Waals surface area contributed by atoms with Gasteiger partial charge in [-0.15, -0.1) is 0 Å². The highest BCUT2D eigenvalue weighted by Crippen LogP contribution is 2.30. The molecule has 112 valence electrons. The van der Waals surface area contributed by atoms with E-state index in [4.69, 9.17) is 4.42 Å². The Morgan fingerprint density at radius 2 is 1.76 bits per heavy atom. The summed E-state index contributed by atoms with van der Waals surface area (Å²) in [4.78, 5) is 25.3. The zero-order valence-corrected chi connectivity index (χ0v) is 13.3. The first-order chi connectivity index (χ1) is 9.75. The number of carboxylic acid groups (broad SMARTS) is 1. The molecule has 0 aliphatic rings. The second-order valence-electron chi connectivity index (χ2n) is 4.83. The van der Waals surface area contributed by atoms with Crippen LogP contribution in [0.15, 0.2) is 4.42 Å². The average Bonchev–Trinajstić information content (AvgIpc) is 2.89. The number of anilines is 1. The van der Waals surface area contributed by atoms with E-state index in [1.807, 2.05) is 6.92 Å². The van der Waals surface area contributed by atoms with Crippen molar-refractivity contribution in [2.45, 2.75) is 27.7 Å². The number of rotatable bonds is 3. The number of hydrogen-bond donors (Lipinski definition) is 1. The molecule has 7 heteroatoms. The van der Waals surface area contributed by atoms with Gasteiger partial charge in [-0.25, -0.2) is 4.79 Å². The van der Waals surface area contributed by atoms with Crippen LogP contribution in [-0.4, -0.2) is 28.4 Å². The molecule has 2 heterocycles. The molecule has 0 fully saturated rings. The minimum atomic E-state index is -1.09. The number of aromatic carboxylic acids is 1. The zero-order valence-electron chi connectivity index (χ0n) is 12.5. The molecule has 0 unspecified atom stereocenters. The Hall–Kier alpha value is -2.15. The van der Waals surface area contributed by atoms with Crippen molar-refractivity contribution in [1.82, 2.24) is 4.37 Å². The molecule has 0 atom stereocenters. The maximum absolute atomic E-state index is 12.6. The molecular formula is C14H16N2O4S. The van der Waals surface area contributed by atoms with Crippen LogP contribution in [0.4, 0.5) is 5.00 Å². The predicted octanol–water partition coefficient (Wildman–Crippen LogP) is 2.94. The molecule has 21 heavy (non-hydrogen) atoms. The third kappa shape index (κ3) is 2.44. The van der Waals surface area contributed by atoms with Gasteiger partial charge < -0.3 is 14.4 Å². The minimum Gasteiger partial charge on any atom is -0.478 e. The summed E-state index contributed by atoms with van der Waals surface area (Å²) >= 11 is 0.998. The lowest BCUT2D eigenvalue weighted by Crippen LogP contribution is -2.27. The van der Waals surface area contributed by atoms with Crippen LogP contribution < -0.4 is 4.90 Å². The SMILES string of the molecule is Cc1nsc(N(C)C(=O)c2c(C)oc(C)c2C)c1C(=O)O. The van der Waals surface area contributed by atoms with Gasteiger partial charge in [0.05, 0.1) is 11.3 Å². The van der Waals surface area contributed by atoms with Crippen molar-refractivity contribution in [3.63, 3.8) is 0 Å². The highest BCUT2D eigenvalue weighted by molar-refractivity contribution is 7.11. The van der Waals surface area contributed by atoms with Gasteiger partial charge >= 0.3 is 5.97 Å². The smallest absolute Gasteiger partial charge is 0.340 e. The van der Waals surface area contributed by atoms with E-state index in [1.165, 1.54) is 4.90 Å². The summed E-state index contributed by atoms with van der Waals surface area (Å²) in [5.74, 6) is -0.177. The number of aryl methyl sites for hydroxylation is 3. The van der Waals surface area contributed by atoms with Crippen LogP contribution in [0, 0.1) is 27.7 Å². The summed E-state index contributed by atoms with van der Waals surface area (Å²) in [5, 5.41) is 9.58. The van der Waals surface area contributed by atoms with Crippen molar-refractivity contribution in [3.8, 4) is 0 Å². The number of nitrogens with zero attached hydrogens (tertiary/aromatic N) is 2. The molecule has 0 spiro atoms. The molecule has 0 aliphatic carbocycles. The van der Waals surface area contributed by atoms with Gasteiger partial charge in [0.15, 0.2) is 0 Å². The molecule has 0 aromatic carbocycles. The van der Waals surface area contributed by atoms with E-state index in [2.05, 4.69) is 4.37 Å². The van der Waals surface area contributed by atoms with E-state index in [-0.39, 0.29) is 11.5 Å². The third-order valence-electron chi connectivity index (χ3n) is 3.44. The first-order valence-corrected chi connectivity index (χ1v) is 7.07. The first kappa shape index (κ1) is 15.2. The van der Waals surface area contributed by atoms with Crippen LogP contribution in [0.1, 0.15) is 43.5 Å². The van der Waals surface area contributed by atoms with Crippen molar-refractivity contribution >= 4 is 28.4 Å². The lowest BCUT2D eigenvalue weighted by Gasteiger charge is -2.16. The summed E-state index contributed by atoms with van der Waals surface area (Å²) in [6, 6.07) is 0. The number of carboxylic acids is 1. The number of amides is 1. The Kier molecular flexibility index (Phi) is 3.87. The maximum atomic E-state index is 12.6. The summed E-state index contributed by atoms with van der Waals surface area (Å²) in [6.45, 7) is 6.93. The van der Waals surface area contributed by atoms with Crippen LogP contribution in [0.25, 0.3) is 0 Å². The fraction of sp³-hybridized carbons (Fsp3) is 0.357. The van der Waals surface area contributed by atoms with E-state index in [0.29, 0.717) is 27.8 Å². The number of hydrogen-bond acceptors (Lipinski definition) is 5. The van der Waals surface area contributed by atoms with Gasteiger partial charge in [-0.1, -0.05) is 0 Å². The molecule has 6 nitrogen and oxygen atoms in total. The highest BCUT2D eigenvalue weighted by atomic mass is 32.1. The Bertz CT molecular complexity index is 730. The molecule has 1 N–H and O–H groups in total. The topological polar surface area (TPSA) is 83.6 Å². The predicted molar refractivity (Wildman–Crippen MR) is 79.5 cm³/mol. The average molecular weight is 308 g/mol. The van der Waals surface area contributed by atoms with Gasteiger partial charge in [-0.2, -0.15) is 4.37 Å². The first-order valence-electron chi connectivity index (χ1n) is 6.29. The standard InChI is InChI=1S/C14H16N2O4S/c1-6-8(3)20-9(4)10(6)12(17)16(5)13-11(14(18)19)7(2)15-21-13/h1-5H3,(H,18,19). The van der Waals surface area contributed by atoms with Crippen molar-refractivity contribution in [1.29, 1.82) is 0 Å². The van der Waals surface area contributed by atoms with Gasteiger partial charge in [-0.3, -0.25) is 4.79 Å². The summed E-state index contributed by atoms with van der Waals surface area (Å²) < 4.78 is 9.49. The Morgan fingerprint density at radius 3 is 2.24 bits per heavy atom. The van der Waals surface area contributed by atoms with Gasteiger partial charge in [0, 0.05) is 12.6 Å².